The Morgan fingerprint density at radius 3 is 2.64 bits per heavy atom. The van der Waals surface area contributed by atoms with Crippen molar-refractivity contribution in [1.82, 2.24) is 10.2 Å². The van der Waals surface area contributed by atoms with Gasteiger partial charge in [-0.2, -0.15) is 0 Å². The van der Waals surface area contributed by atoms with Gasteiger partial charge in [-0.05, 0) is 24.1 Å². The highest BCUT2D eigenvalue weighted by molar-refractivity contribution is 5.90. The van der Waals surface area contributed by atoms with Crippen LogP contribution < -0.4 is 5.32 Å². The van der Waals surface area contributed by atoms with Crippen molar-refractivity contribution >= 4 is 11.8 Å². The predicted octanol–water partition coefficient (Wildman–Crippen LogP) is 2.09. The molecule has 1 aliphatic heterocycles. The monoisotopic (exact) mass is 298 g/mol. The topological polar surface area (TPSA) is 62.6 Å². The smallest absolute Gasteiger partial charge is 0.245 e. The molecule has 0 bridgehead atoms. The van der Waals surface area contributed by atoms with Crippen molar-refractivity contribution in [1.29, 1.82) is 0 Å². The van der Waals surface area contributed by atoms with Crippen LogP contribution in [-0.4, -0.2) is 22.8 Å². The molecular formula is C17H18N2O3. The lowest BCUT2D eigenvalue weighted by molar-refractivity contribution is -0.135. The van der Waals surface area contributed by atoms with Gasteiger partial charge in [0, 0.05) is 13.0 Å². The lowest BCUT2D eigenvalue weighted by Crippen LogP contribution is -2.43. The third-order valence-corrected chi connectivity index (χ3v) is 3.75. The summed E-state index contributed by atoms with van der Waals surface area (Å²) in [5.41, 5.74) is 1.05. The molecule has 2 aromatic rings. The number of furan rings is 1. The number of benzene rings is 1. The van der Waals surface area contributed by atoms with Crippen molar-refractivity contribution in [2.75, 3.05) is 0 Å². The Kier molecular flexibility index (Phi) is 4.23. The Hall–Kier alpha value is -2.56. The summed E-state index contributed by atoms with van der Waals surface area (Å²) >= 11 is 0. The van der Waals surface area contributed by atoms with Gasteiger partial charge in [0.1, 0.15) is 11.8 Å². The largest absolute Gasteiger partial charge is 0.467 e. The number of carbonyl (C=O) groups excluding carboxylic acids is 2. The summed E-state index contributed by atoms with van der Waals surface area (Å²) in [6.45, 7) is 0.889. The van der Waals surface area contributed by atoms with E-state index in [-0.39, 0.29) is 11.8 Å². The molecule has 0 aliphatic carbocycles. The van der Waals surface area contributed by atoms with E-state index in [1.54, 1.807) is 17.2 Å². The van der Waals surface area contributed by atoms with Gasteiger partial charge >= 0.3 is 0 Å². The third kappa shape index (κ3) is 3.36. The fourth-order valence-electron chi connectivity index (χ4n) is 2.63. The quantitative estimate of drug-likeness (QED) is 0.919. The lowest BCUT2D eigenvalue weighted by Gasteiger charge is -2.25. The molecule has 0 saturated carbocycles. The number of nitrogens with zero attached hydrogens (tertiary/aromatic N) is 1. The van der Waals surface area contributed by atoms with Crippen LogP contribution in [0.25, 0.3) is 0 Å². The van der Waals surface area contributed by atoms with Gasteiger partial charge in [0.25, 0.3) is 0 Å². The molecule has 1 atom stereocenters. The van der Waals surface area contributed by atoms with Gasteiger partial charge in [0.2, 0.25) is 11.8 Å². The maximum absolute atomic E-state index is 12.7. The van der Waals surface area contributed by atoms with E-state index < -0.39 is 6.04 Å². The molecule has 1 aromatic carbocycles. The van der Waals surface area contributed by atoms with Crippen molar-refractivity contribution in [3.63, 3.8) is 0 Å². The van der Waals surface area contributed by atoms with Crippen molar-refractivity contribution in [3.8, 4) is 0 Å². The summed E-state index contributed by atoms with van der Waals surface area (Å²) < 4.78 is 5.35. The normalized spacial score (nSPS) is 17.3. The Balaban J connectivity index is 1.76. The fraction of sp³-hybridized carbons (Fsp3) is 0.294. The number of carbonyl (C=O) groups is 2. The zero-order chi connectivity index (χ0) is 15.4. The molecule has 0 spiro atoms. The van der Waals surface area contributed by atoms with E-state index in [0.29, 0.717) is 25.9 Å². The minimum absolute atomic E-state index is 0.0593. The zero-order valence-electron chi connectivity index (χ0n) is 12.2. The second-order valence-corrected chi connectivity index (χ2v) is 5.42. The van der Waals surface area contributed by atoms with Crippen molar-refractivity contribution in [2.45, 2.75) is 32.0 Å². The molecule has 5 nitrogen and oxygen atoms in total. The van der Waals surface area contributed by atoms with Gasteiger partial charge in [-0.1, -0.05) is 30.3 Å². The third-order valence-electron chi connectivity index (χ3n) is 3.75. The highest BCUT2D eigenvalue weighted by Crippen LogP contribution is 2.16. The predicted molar refractivity (Wildman–Crippen MR) is 80.6 cm³/mol. The van der Waals surface area contributed by atoms with E-state index in [1.165, 1.54) is 0 Å². The Bertz CT molecular complexity index is 637. The maximum atomic E-state index is 12.7. The summed E-state index contributed by atoms with van der Waals surface area (Å²) in [5.74, 6) is 0.607. The Labute approximate surface area is 128 Å². The van der Waals surface area contributed by atoms with E-state index in [9.17, 15) is 9.59 Å². The minimum atomic E-state index is -0.425. The van der Waals surface area contributed by atoms with Gasteiger partial charge in [0.05, 0.1) is 12.8 Å². The number of amides is 2. The van der Waals surface area contributed by atoms with Gasteiger partial charge < -0.3 is 14.6 Å². The van der Waals surface area contributed by atoms with Crippen LogP contribution in [0.4, 0.5) is 0 Å². The molecule has 3 rings (SSSR count). The highest BCUT2D eigenvalue weighted by Gasteiger charge is 2.31. The number of rotatable bonds is 5. The molecule has 0 radical (unpaired) electrons. The summed E-state index contributed by atoms with van der Waals surface area (Å²) in [6, 6.07) is 13.0. The van der Waals surface area contributed by atoms with Crippen LogP contribution in [0.3, 0.4) is 0 Å². The molecule has 22 heavy (non-hydrogen) atoms. The van der Waals surface area contributed by atoms with E-state index in [4.69, 9.17) is 4.42 Å². The average molecular weight is 298 g/mol. The van der Waals surface area contributed by atoms with Crippen LogP contribution >= 0.6 is 0 Å². The minimum Gasteiger partial charge on any atom is -0.467 e. The van der Waals surface area contributed by atoms with Gasteiger partial charge in [0.15, 0.2) is 0 Å². The summed E-state index contributed by atoms with van der Waals surface area (Å²) in [7, 11) is 0. The first-order chi connectivity index (χ1) is 10.7. The fourth-order valence-corrected chi connectivity index (χ4v) is 2.63. The standard InChI is InChI=1S/C17H18N2O3/c20-16-9-8-15(18-16)17(21)19(12-14-7-4-10-22-14)11-13-5-2-1-3-6-13/h1-7,10,15H,8-9,11-12H2,(H,18,20). The molecule has 5 heteroatoms. The molecule has 1 N–H and O–H groups in total. The van der Waals surface area contributed by atoms with Crippen molar-refractivity contribution in [3.05, 3.63) is 60.1 Å². The van der Waals surface area contributed by atoms with Crippen LogP contribution in [0.15, 0.2) is 53.1 Å². The molecule has 1 aromatic heterocycles. The molecule has 1 unspecified atom stereocenters. The summed E-state index contributed by atoms with van der Waals surface area (Å²) in [6.07, 6.45) is 2.56. The van der Waals surface area contributed by atoms with E-state index >= 15 is 0 Å². The van der Waals surface area contributed by atoms with Gasteiger partial charge in [-0.3, -0.25) is 9.59 Å². The summed E-state index contributed by atoms with van der Waals surface area (Å²) in [4.78, 5) is 25.8. The molecule has 2 heterocycles. The van der Waals surface area contributed by atoms with Crippen LogP contribution in [0.1, 0.15) is 24.2 Å². The number of hydrogen-bond acceptors (Lipinski definition) is 3. The molecule has 1 aliphatic rings. The van der Waals surface area contributed by atoms with Gasteiger partial charge in [-0.25, -0.2) is 0 Å². The van der Waals surface area contributed by atoms with Crippen LogP contribution in [-0.2, 0) is 22.7 Å². The molecule has 2 amide bonds. The van der Waals surface area contributed by atoms with Crippen LogP contribution in [0.2, 0.25) is 0 Å². The van der Waals surface area contributed by atoms with E-state index in [0.717, 1.165) is 11.3 Å². The average Bonchev–Trinajstić information content (AvgIpc) is 3.18. The molecule has 1 saturated heterocycles. The lowest BCUT2D eigenvalue weighted by atomic mass is 10.1. The molecule has 114 valence electrons. The molecular weight excluding hydrogens is 280 g/mol. The van der Waals surface area contributed by atoms with Crippen LogP contribution in [0, 0.1) is 0 Å². The summed E-state index contributed by atoms with van der Waals surface area (Å²) in [5, 5.41) is 2.74. The SMILES string of the molecule is O=C1CCC(C(=O)N(Cc2ccccc2)Cc2ccco2)N1. The second kappa shape index (κ2) is 6.47. The van der Waals surface area contributed by atoms with E-state index in [2.05, 4.69) is 5.32 Å². The van der Waals surface area contributed by atoms with E-state index in [1.807, 2.05) is 36.4 Å². The Morgan fingerprint density at radius 2 is 2.00 bits per heavy atom. The second-order valence-electron chi connectivity index (χ2n) is 5.42. The number of nitrogens with one attached hydrogen (secondary N) is 1. The van der Waals surface area contributed by atoms with Crippen molar-refractivity contribution < 1.29 is 14.0 Å². The highest BCUT2D eigenvalue weighted by atomic mass is 16.3. The van der Waals surface area contributed by atoms with Crippen LogP contribution in [0.5, 0.6) is 0 Å². The first kappa shape index (κ1) is 14.4. The molecule has 1 fully saturated rings. The Morgan fingerprint density at radius 1 is 1.18 bits per heavy atom. The maximum Gasteiger partial charge on any atom is 0.245 e. The number of hydrogen-bond donors (Lipinski definition) is 1. The van der Waals surface area contributed by atoms with Crippen molar-refractivity contribution in [2.24, 2.45) is 0 Å². The first-order valence-corrected chi connectivity index (χ1v) is 7.37. The van der Waals surface area contributed by atoms with Gasteiger partial charge in [-0.15, -0.1) is 0 Å². The zero-order valence-corrected chi connectivity index (χ0v) is 12.2. The first-order valence-electron chi connectivity index (χ1n) is 7.37.